The van der Waals surface area contributed by atoms with Gasteiger partial charge in [-0.25, -0.2) is 4.98 Å². The molecule has 0 aliphatic rings. The van der Waals surface area contributed by atoms with Crippen molar-refractivity contribution in [3.05, 3.63) is 52.2 Å². The molecule has 148 valence electrons. The van der Waals surface area contributed by atoms with Crippen molar-refractivity contribution in [3.63, 3.8) is 0 Å². The van der Waals surface area contributed by atoms with Crippen molar-refractivity contribution in [2.45, 2.75) is 47.1 Å². The number of aliphatic hydroxyl groups excluding tert-OH is 1. The van der Waals surface area contributed by atoms with E-state index in [1.54, 1.807) is 24.3 Å². The van der Waals surface area contributed by atoms with E-state index in [0.717, 1.165) is 11.3 Å². The Hall–Kier alpha value is -2.91. The molecule has 2 aromatic rings. The first-order chi connectivity index (χ1) is 13.1. The van der Waals surface area contributed by atoms with Crippen molar-refractivity contribution in [1.82, 2.24) is 4.98 Å². The number of pyridine rings is 1. The highest BCUT2D eigenvalue weighted by molar-refractivity contribution is 5.96. The van der Waals surface area contributed by atoms with Gasteiger partial charge < -0.3 is 15.2 Å². The molecule has 1 heterocycles. The lowest BCUT2D eigenvalue weighted by Crippen LogP contribution is -2.29. The average Bonchev–Trinajstić information content (AvgIpc) is 2.67. The summed E-state index contributed by atoms with van der Waals surface area (Å²) in [6.07, 6.45) is -0.377. The molecule has 1 aromatic heterocycles. The molecule has 6 nitrogen and oxygen atoms in total. The summed E-state index contributed by atoms with van der Waals surface area (Å²) in [5.74, 6) is 0.0572. The van der Waals surface area contributed by atoms with E-state index in [2.05, 4.69) is 16.4 Å². The predicted octanol–water partition coefficient (Wildman–Crippen LogP) is 3.90. The SMILES string of the molecule is CCc1c(C)nc(OC)c(NC(=O)C(C)(C)C)c1C(O)c1ccc(C#N)cc1. The molecular formula is C22H27N3O3. The number of benzene rings is 1. The molecule has 1 aromatic carbocycles. The average molecular weight is 381 g/mol. The number of nitrogens with zero attached hydrogens (tertiary/aromatic N) is 2. The van der Waals surface area contributed by atoms with Crippen LogP contribution in [-0.4, -0.2) is 23.1 Å². The molecule has 0 bridgehead atoms. The summed E-state index contributed by atoms with van der Waals surface area (Å²) >= 11 is 0. The van der Waals surface area contributed by atoms with E-state index >= 15 is 0 Å². The second kappa shape index (κ2) is 8.41. The molecule has 0 aliphatic heterocycles. The van der Waals surface area contributed by atoms with E-state index in [1.807, 2.05) is 34.6 Å². The largest absolute Gasteiger partial charge is 0.479 e. The van der Waals surface area contributed by atoms with Crippen LogP contribution in [0.15, 0.2) is 24.3 Å². The molecule has 0 spiro atoms. The van der Waals surface area contributed by atoms with Gasteiger partial charge in [-0.2, -0.15) is 5.26 Å². The number of nitriles is 1. The first-order valence-electron chi connectivity index (χ1n) is 9.20. The highest BCUT2D eigenvalue weighted by Crippen LogP contribution is 2.39. The quantitative estimate of drug-likeness (QED) is 0.819. The smallest absolute Gasteiger partial charge is 0.238 e. The van der Waals surface area contributed by atoms with E-state index in [1.165, 1.54) is 7.11 Å². The Morgan fingerprint density at radius 1 is 1.32 bits per heavy atom. The lowest BCUT2D eigenvalue weighted by molar-refractivity contribution is -0.123. The standard InChI is InChI=1S/C22H27N3O3/c1-7-16-13(2)24-20(28-6)18(25-21(27)22(3,4)5)17(16)19(26)15-10-8-14(12-23)9-11-15/h8-11,19,26H,7H2,1-6H3,(H,25,27). The maximum atomic E-state index is 12.7. The molecule has 1 atom stereocenters. The Morgan fingerprint density at radius 2 is 1.93 bits per heavy atom. The zero-order valence-corrected chi connectivity index (χ0v) is 17.3. The minimum absolute atomic E-state index is 0.202. The number of nitrogens with one attached hydrogen (secondary N) is 1. The molecule has 2 rings (SSSR count). The summed E-state index contributed by atoms with van der Waals surface area (Å²) in [6, 6.07) is 8.80. The normalized spacial score (nSPS) is 12.2. The number of carbonyl (C=O) groups excluding carboxylic acids is 1. The maximum absolute atomic E-state index is 12.7. The Balaban J connectivity index is 2.69. The van der Waals surface area contributed by atoms with Crippen LogP contribution in [0.3, 0.4) is 0 Å². The summed E-state index contributed by atoms with van der Waals surface area (Å²) in [4.78, 5) is 17.1. The number of anilines is 1. The van der Waals surface area contributed by atoms with Crippen molar-refractivity contribution in [3.8, 4) is 11.9 Å². The van der Waals surface area contributed by atoms with Crippen molar-refractivity contribution < 1.29 is 14.6 Å². The highest BCUT2D eigenvalue weighted by atomic mass is 16.5. The van der Waals surface area contributed by atoms with Gasteiger partial charge in [0.05, 0.1) is 18.7 Å². The Kier molecular flexibility index (Phi) is 6.42. The number of carbonyl (C=O) groups is 1. The molecule has 6 heteroatoms. The van der Waals surface area contributed by atoms with Crippen LogP contribution >= 0.6 is 0 Å². The van der Waals surface area contributed by atoms with E-state index in [0.29, 0.717) is 28.8 Å². The maximum Gasteiger partial charge on any atom is 0.238 e. The summed E-state index contributed by atoms with van der Waals surface area (Å²) < 4.78 is 5.42. The molecule has 28 heavy (non-hydrogen) atoms. The minimum atomic E-state index is -1.01. The fraction of sp³-hybridized carbons (Fsp3) is 0.409. The van der Waals surface area contributed by atoms with E-state index in [4.69, 9.17) is 10.00 Å². The number of rotatable bonds is 5. The van der Waals surface area contributed by atoms with Crippen LogP contribution in [0, 0.1) is 23.7 Å². The summed E-state index contributed by atoms with van der Waals surface area (Å²) in [5.41, 5.74) is 3.02. The van der Waals surface area contributed by atoms with Gasteiger partial charge in [0.15, 0.2) is 0 Å². The second-order valence-corrected chi connectivity index (χ2v) is 7.67. The van der Waals surface area contributed by atoms with Gasteiger partial charge >= 0.3 is 0 Å². The zero-order chi connectivity index (χ0) is 21.1. The Bertz CT molecular complexity index is 907. The number of aromatic nitrogens is 1. The third-order valence-corrected chi connectivity index (χ3v) is 4.61. The second-order valence-electron chi connectivity index (χ2n) is 7.67. The van der Waals surface area contributed by atoms with Gasteiger partial charge in [-0.1, -0.05) is 39.8 Å². The first kappa shape index (κ1) is 21.4. The van der Waals surface area contributed by atoms with E-state index in [-0.39, 0.29) is 11.8 Å². The topological polar surface area (TPSA) is 95.2 Å². The molecule has 0 saturated heterocycles. The van der Waals surface area contributed by atoms with Crippen LogP contribution in [0.4, 0.5) is 5.69 Å². The van der Waals surface area contributed by atoms with Gasteiger partial charge in [0.1, 0.15) is 11.8 Å². The molecule has 0 radical (unpaired) electrons. The number of aryl methyl sites for hydroxylation is 1. The fourth-order valence-electron chi connectivity index (χ4n) is 2.96. The molecule has 1 amide bonds. The van der Waals surface area contributed by atoms with Crippen LogP contribution in [0.1, 0.15) is 61.7 Å². The summed E-state index contributed by atoms with van der Waals surface area (Å²) in [7, 11) is 1.48. The third-order valence-electron chi connectivity index (χ3n) is 4.61. The van der Waals surface area contributed by atoms with Gasteiger partial charge in [0, 0.05) is 16.7 Å². The monoisotopic (exact) mass is 381 g/mol. The number of hydrogen-bond donors (Lipinski definition) is 2. The zero-order valence-electron chi connectivity index (χ0n) is 17.3. The van der Waals surface area contributed by atoms with Crippen LogP contribution in [-0.2, 0) is 11.2 Å². The lowest BCUT2D eigenvalue weighted by atomic mass is 9.91. The van der Waals surface area contributed by atoms with Gasteiger partial charge in [0.2, 0.25) is 11.8 Å². The van der Waals surface area contributed by atoms with E-state index < -0.39 is 11.5 Å². The van der Waals surface area contributed by atoms with Crippen LogP contribution < -0.4 is 10.1 Å². The van der Waals surface area contributed by atoms with Crippen LogP contribution in [0.5, 0.6) is 5.88 Å². The Labute approximate surface area is 166 Å². The molecule has 0 aliphatic carbocycles. The Morgan fingerprint density at radius 3 is 2.39 bits per heavy atom. The molecule has 1 unspecified atom stereocenters. The van der Waals surface area contributed by atoms with Crippen molar-refractivity contribution in [2.24, 2.45) is 5.41 Å². The predicted molar refractivity (Wildman–Crippen MR) is 108 cm³/mol. The highest BCUT2D eigenvalue weighted by Gasteiger charge is 2.29. The summed E-state index contributed by atoms with van der Waals surface area (Å²) in [5, 5.41) is 23.1. The van der Waals surface area contributed by atoms with Gasteiger partial charge in [-0.05, 0) is 36.6 Å². The van der Waals surface area contributed by atoms with Crippen LogP contribution in [0.25, 0.3) is 0 Å². The summed E-state index contributed by atoms with van der Waals surface area (Å²) in [6.45, 7) is 9.27. The number of ether oxygens (including phenoxy) is 1. The number of aliphatic hydroxyl groups is 1. The number of hydrogen-bond acceptors (Lipinski definition) is 5. The molecule has 2 N–H and O–H groups in total. The first-order valence-corrected chi connectivity index (χ1v) is 9.20. The fourth-order valence-corrected chi connectivity index (χ4v) is 2.96. The van der Waals surface area contributed by atoms with Crippen molar-refractivity contribution in [1.29, 1.82) is 5.26 Å². The molecular weight excluding hydrogens is 354 g/mol. The minimum Gasteiger partial charge on any atom is -0.479 e. The number of amides is 1. The van der Waals surface area contributed by atoms with Crippen molar-refractivity contribution in [2.75, 3.05) is 12.4 Å². The van der Waals surface area contributed by atoms with E-state index in [9.17, 15) is 9.90 Å². The molecule has 0 saturated carbocycles. The van der Waals surface area contributed by atoms with Gasteiger partial charge in [0.25, 0.3) is 0 Å². The van der Waals surface area contributed by atoms with Gasteiger partial charge in [-0.3, -0.25) is 4.79 Å². The van der Waals surface area contributed by atoms with Crippen LogP contribution in [0.2, 0.25) is 0 Å². The van der Waals surface area contributed by atoms with Gasteiger partial charge in [-0.15, -0.1) is 0 Å². The third kappa shape index (κ3) is 4.32. The number of methoxy groups -OCH3 is 1. The molecule has 0 fully saturated rings. The van der Waals surface area contributed by atoms with Crippen molar-refractivity contribution >= 4 is 11.6 Å². The lowest BCUT2D eigenvalue weighted by Gasteiger charge is -2.25.